The monoisotopic (exact) mass is 507 g/mol. The van der Waals surface area contributed by atoms with Gasteiger partial charge in [-0.2, -0.15) is 4.98 Å². The molecule has 0 saturated heterocycles. The molecule has 0 spiro atoms. The molecule has 0 unspecified atom stereocenters. The molecule has 38 heavy (non-hydrogen) atoms. The molecule has 3 aromatic heterocycles. The number of oxazole rings is 1. The zero-order valence-electron chi connectivity index (χ0n) is 21.7. The Labute approximate surface area is 222 Å². The first-order chi connectivity index (χ1) is 18.5. The minimum atomic E-state index is -1.01. The van der Waals surface area contributed by atoms with E-state index in [0.29, 0.717) is 24.6 Å². The number of nitrogens with one attached hydrogen (secondary N) is 3. The number of pyridine rings is 1. The van der Waals surface area contributed by atoms with E-state index in [1.54, 1.807) is 0 Å². The quantitative estimate of drug-likeness (QED) is 0.235. The molecule has 6 rings (SSSR count). The lowest BCUT2D eigenvalue weighted by Gasteiger charge is -2.38. The van der Waals surface area contributed by atoms with Crippen molar-refractivity contribution in [1.29, 1.82) is 0 Å². The van der Waals surface area contributed by atoms with Gasteiger partial charge in [0.25, 0.3) is 6.01 Å². The molecule has 1 atom stereocenters. The standard InChI is InChI=1S/C31H33N5O2/c1-30(19-22-20-33-24-12-4-3-11-23(22)24,36-29-35-25-13-5-6-14-26(25)38-29)28(37)34-21-31(16-8-2-9-17-31)27-15-7-10-18-32-27/h3-7,10-15,18,20,33H,2,8-9,16-17,19,21H2,1H3,(H,34,37)(H,35,36)/t30-/m0/s1. The van der Waals surface area contributed by atoms with E-state index in [9.17, 15) is 4.79 Å². The number of H-pyrrole nitrogens is 1. The highest BCUT2D eigenvalue weighted by atomic mass is 16.4. The van der Waals surface area contributed by atoms with Crippen molar-refractivity contribution < 1.29 is 9.21 Å². The van der Waals surface area contributed by atoms with Crippen LogP contribution in [-0.2, 0) is 16.6 Å². The van der Waals surface area contributed by atoms with Gasteiger partial charge >= 0.3 is 0 Å². The predicted octanol–water partition coefficient (Wildman–Crippen LogP) is 6.14. The van der Waals surface area contributed by atoms with Gasteiger partial charge < -0.3 is 20.0 Å². The number of carbonyl (C=O) groups is 1. The third-order valence-electron chi connectivity index (χ3n) is 8.00. The van der Waals surface area contributed by atoms with Crippen LogP contribution in [0, 0.1) is 0 Å². The maximum Gasteiger partial charge on any atom is 0.296 e. The molecule has 1 saturated carbocycles. The summed E-state index contributed by atoms with van der Waals surface area (Å²) in [6, 6.07) is 22.2. The third-order valence-corrected chi connectivity index (χ3v) is 8.00. The molecule has 0 bridgehead atoms. The molecule has 5 aromatic rings. The number of aromatic nitrogens is 3. The van der Waals surface area contributed by atoms with Gasteiger partial charge in [0.2, 0.25) is 5.91 Å². The highest BCUT2D eigenvalue weighted by molar-refractivity contribution is 5.91. The topological polar surface area (TPSA) is 95.8 Å². The Balaban J connectivity index is 1.31. The van der Waals surface area contributed by atoms with E-state index >= 15 is 0 Å². The first-order valence-corrected chi connectivity index (χ1v) is 13.4. The first-order valence-electron chi connectivity index (χ1n) is 13.4. The van der Waals surface area contributed by atoms with E-state index in [4.69, 9.17) is 9.40 Å². The van der Waals surface area contributed by atoms with Gasteiger partial charge in [-0.25, -0.2) is 0 Å². The van der Waals surface area contributed by atoms with Crippen molar-refractivity contribution in [3.8, 4) is 0 Å². The van der Waals surface area contributed by atoms with Crippen molar-refractivity contribution in [2.75, 3.05) is 11.9 Å². The summed E-state index contributed by atoms with van der Waals surface area (Å²) in [5.41, 5.74) is 3.43. The van der Waals surface area contributed by atoms with Crippen LogP contribution in [-0.4, -0.2) is 32.9 Å². The Morgan fingerprint density at radius 2 is 1.82 bits per heavy atom. The van der Waals surface area contributed by atoms with E-state index in [0.717, 1.165) is 53.4 Å². The zero-order valence-corrected chi connectivity index (χ0v) is 21.7. The lowest BCUT2D eigenvalue weighted by atomic mass is 9.71. The Hall–Kier alpha value is -4.13. The van der Waals surface area contributed by atoms with Crippen molar-refractivity contribution in [2.45, 2.75) is 56.4 Å². The fourth-order valence-corrected chi connectivity index (χ4v) is 5.87. The zero-order chi connectivity index (χ0) is 26.0. The van der Waals surface area contributed by atoms with Crippen LogP contribution < -0.4 is 10.6 Å². The normalized spacial score (nSPS) is 16.8. The number of carbonyl (C=O) groups excluding carboxylic acids is 1. The number of para-hydroxylation sites is 3. The summed E-state index contributed by atoms with van der Waals surface area (Å²) in [7, 11) is 0. The van der Waals surface area contributed by atoms with Gasteiger partial charge in [0.05, 0.1) is 0 Å². The fraction of sp³-hybridized carbons (Fsp3) is 0.323. The molecule has 7 nitrogen and oxygen atoms in total. The summed E-state index contributed by atoms with van der Waals surface area (Å²) in [6.07, 6.45) is 9.83. The summed E-state index contributed by atoms with van der Waals surface area (Å²) >= 11 is 0. The first kappa shape index (κ1) is 24.2. The lowest BCUT2D eigenvalue weighted by Crippen LogP contribution is -2.55. The number of rotatable bonds is 8. The van der Waals surface area contributed by atoms with Gasteiger partial charge in [0, 0.05) is 47.4 Å². The summed E-state index contributed by atoms with van der Waals surface area (Å²) in [5.74, 6) is -0.0917. The summed E-state index contributed by atoms with van der Waals surface area (Å²) in [5, 5.41) is 7.79. The van der Waals surface area contributed by atoms with Gasteiger partial charge in [-0.1, -0.05) is 55.7 Å². The van der Waals surface area contributed by atoms with E-state index in [1.807, 2.05) is 73.9 Å². The number of hydrogen-bond donors (Lipinski definition) is 3. The Morgan fingerprint density at radius 3 is 2.63 bits per heavy atom. The number of amides is 1. The van der Waals surface area contributed by atoms with E-state index < -0.39 is 5.54 Å². The number of aromatic amines is 1. The smallest absolute Gasteiger partial charge is 0.296 e. The second kappa shape index (κ2) is 9.97. The van der Waals surface area contributed by atoms with Crippen LogP contribution in [0.2, 0.25) is 0 Å². The van der Waals surface area contributed by atoms with E-state index in [-0.39, 0.29) is 11.3 Å². The molecule has 7 heteroatoms. The van der Waals surface area contributed by atoms with Crippen LogP contribution in [0.15, 0.2) is 83.5 Å². The molecule has 0 radical (unpaired) electrons. The largest absolute Gasteiger partial charge is 0.424 e. The van der Waals surface area contributed by atoms with Crippen LogP contribution in [0.5, 0.6) is 0 Å². The van der Waals surface area contributed by atoms with Gasteiger partial charge in [-0.15, -0.1) is 0 Å². The maximum absolute atomic E-state index is 14.1. The van der Waals surface area contributed by atoms with Gasteiger partial charge in [-0.05, 0) is 55.7 Å². The van der Waals surface area contributed by atoms with Crippen LogP contribution in [0.1, 0.15) is 50.3 Å². The molecule has 3 N–H and O–H groups in total. The number of anilines is 1. The molecule has 1 aliphatic rings. The van der Waals surface area contributed by atoms with Crippen LogP contribution >= 0.6 is 0 Å². The highest BCUT2D eigenvalue weighted by Crippen LogP contribution is 2.38. The number of fused-ring (bicyclic) bond motifs is 2. The molecular formula is C31H33N5O2. The van der Waals surface area contributed by atoms with Gasteiger partial charge in [-0.3, -0.25) is 9.78 Å². The molecular weight excluding hydrogens is 474 g/mol. The minimum Gasteiger partial charge on any atom is -0.424 e. The molecule has 1 fully saturated rings. The maximum atomic E-state index is 14.1. The van der Waals surface area contributed by atoms with Gasteiger partial charge in [0.15, 0.2) is 5.58 Å². The van der Waals surface area contributed by atoms with Crippen LogP contribution in [0.25, 0.3) is 22.0 Å². The number of hydrogen-bond acceptors (Lipinski definition) is 5. The van der Waals surface area contributed by atoms with E-state index in [2.05, 4.69) is 32.7 Å². The van der Waals surface area contributed by atoms with Crippen molar-refractivity contribution in [1.82, 2.24) is 20.3 Å². The molecule has 3 heterocycles. The lowest BCUT2D eigenvalue weighted by molar-refractivity contribution is -0.125. The Kier molecular flexibility index (Phi) is 6.35. The third kappa shape index (κ3) is 4.64. The van der Waals surface area contributed by atoms with Crippen molar-refractivity contribution >= 4 is 33.9 Å². The molecule has 0 aliphatic heterocycles. The number of nitrogens with zero attached hydrogens (tertiary/aromatic N) is 2. The Bertz CT molecular complexity index is 1520. The molecule has 2 aromatic carbocycles. The van der Waals surface area contributed by atoms with Gasteiger partial charge in [0.1, 0.15) is 11.1 Å². The minimum absolute atomic E-state index is 0.0917. The summed E-state index contributed by atoms with van der Waals surface area (Å²) < 4.78 is 5.98. The Morgan fingerprint density at radius 1 is 1.03 bits per heavy atom. The fourth-order valence-electron chi connectivity index (χ4n) is 5.87. The van der Waals surface area contributed by atoms with Crippen molar-refractivity contribution in [3.63, 3.8) is 0 Å². The van der Waals surface area contributed by atoms with Crippen molar-refractivity contribution in [3.05, 3.63) is 90.4 Å². The van der Waals surface area contributed by atoms with Crippen LogP contribution in [0.4, 0.5) is 6.01 Å². The average Bonchev–Trinajstić information content (AvgIpc) is 3.56. The van der Waals surface area contributed by atoms with E-state index in [1.165, 1.54) is 6.42 Å². The molecule has 1 amide bonds. The second-order valence-corrected chi connectivity index (χ2v) is 10.7. The summed E-state index contributed by atoms with van der Waals surface area (Å²) in [6.45, 7) is 2.47. The molecule has 1 aliphatic carbocycles. The average molecular weight is 508 g/mol. The van der Waals surface area contributed by atoms with Crippen molar-refractivity contribution in [2.24, 2.45) is 0 Å². The SMILES string of the molecule is C[C@@](Cc1c[nH]c2ccccc12)(Nc1nc2ccccc2o1)C(=O)NCC1(c2ccccn2)CCCCC1. The van der Waals surface area contributed by atoms with Crippen LogP contribution in [0.3, 0.4) is 0 Å². The number of benzene rings is 2. The second-order valence-electron chi connectivity index (χ2n) is 10.7. The highest BCUT2D eigenvalue weighted by Gasteiger charge is 2.40. The molecule has 194 valence electrons. The predicted molar refractivity (Wildman–Crippen MR) is 150 cm³/mol. The summed E-state index contributed by atoms with van der Waals surface area (Å²) in [4.78, 5) is 26.7.